The minimum absolute atomic E-state index is 0.0184. The van der Waals surface area contributed by atoms with Crippen LogP contribution in [0.15, 0.2) is 18.2 Å². The van der Waals surface area contributed by atoms with Crippen LogP contribution in [0.4, 0.5) is 11.4 Å². The Morgan fingerprint density at radius 1 is 1.43 bits per heavy atom. The van der Waals surface area contributed by atoms with E-state index in [9.17, 15) is 10.1 Å². The largest absolute Gasteiger partial charge is 0.491 e. The smallest absolute Gasteiger partial charge is 0.275 e. The number of benzene rings is 1. The van der Waals surface area contributed by atoms with Crippen LogP contribution >= 0.6 is 0 Å². The van der Waals surface area contributed by atoms with Gasteiger partial charge in [0.1, 0.15) is 5.75 Å². The summed E-state index contributed by atoms with van der Waals surface area (Å²) in [7, 11) is 0. The van der Waals surface area contributed by atoms with Gasteiger partial charge in [-0.05, 0) is 40.2 Å². The molecule has 0 amide bonds. The number of rotatable bonds is 5. The molecule has 0 aliphatic carbocycles. The molecule has 6 heteroatoms. The van der Waals surface area contributed by atoms with Gasteiger partial charge in [-0.15, -0.1) is 0 Å². The molecular weight excluding hydrogens is 270 g/mol. The molecule has 0 aromatic heterocycles. The summed E-state index contributed by atoms with van der Waals surface area (Å²) >= 11 is 0. The van der Waals surface area contributed by atoms with E-state index in [-0.39, 0.29) is 22.8 Å². The first kappa shape index (κ1) is 15.6. The van der Waals surface area contributed by atoms with Crippen molar-refractivity contribution in [3.8, 4) is 5.75 Å². The molecule has 1 fully saturated rings. The Morgan fingerprint density at radius 2 is 2.19 bits per heavy atom. The van der Waals surface area contributed by atoms with Crippen LogP contribution in [0.5, 0.6) is 5.75 Å². The Bertz CT molecular complexity index is 505. The highest BCUT2D eigenvalue weighted by molar-refractivity contribution is 5.57. The Balaban J connectivity index is 2.20. The lowest BCUT2D eigenvalue weighted by Crippen LogP contribution is -2.46. The summed E-state index contributed by atoms with van der Waals surface area (Å²) in [5.74, 6) is 0.526. The minimum atomic E-state index is -0.388. The number of non-ortho nitro benzene ring substituents is 1. The number of nitro groups is 1. The molecule has 0 radical (unpaired) electrons. The van der Waals surface area contributed by atoms with Crippen molar-refractivity contribution in [1.82, 2.24) is 5.32 Å². The topological polar surface area (TPSA) is 76.4 Å². The second-order valence-electron chi connectivity index (χ2n) is 5.78. The third-order valence-electron chi connectivity index (χ3n) is 3.59. The monoisotopic (exact) mass is 293 g/mol. The minimum Gasteiger partial charge on any atom is -0.491 e. The van der Waals surface area contributed by atoms with Gasteiger partial charge >= 0.3 is 0 Å². The van der Waals surface area contributed by atoms with Crippen molar-refractivity contribution in [3.05, 3.63) is 28.3 Å². The first-order chi connectivity index (χ1) is 9.95. The second-order valence-corrected chi connectivity index (χ2v) is 5.78. The first-order valence-corrected chi connectivity index (χ1v) is 7.42. The zero-order valence-electron chi connectivity index (χ0n) is 12.8. The molecule has 6 nitrogen and oxygen atoms in total. The van der Waals surface area contributed by atoms with Crippen LogP contribution in [0.1, 0.15) is 33.6 Å². The number of piperidine rings is 1. The van der Waals surface area contributed by atoms with Gasteiger partial charge in [0.2, 0.25) is 0 Å². The van der Waals surface area contributed by atoms with E-state index in [0.717, 1.165) is 25.1 Å². The van der Waals surface area contributed by atoms with Gasteiger partial charge in [-0.3, -0.25) is 10.1 Å². The Labute approximate surface area is 125 Å². The third-order valence-corrected chi connectivity index (χ3v) is 3.59. The fourth-order valence-electron chi connectivity index (χ4n) is 2.57. The average Bonchev–Trinajstić information content (AvgIpc) is 2.40. The fourth-order valence-corrected chi connectivity index (χ4v) is 2.57. The van der Waals surface area contributed by atoms with E-state index in [4.69, 9.17) is 4.74 Å². The van der Waals surface area contributed by atoms with Crippen molar-refractivity contribution >= 4 is 11.4 Å². The highest BCUT2D eigenvalue weighted by atomic mass is 16.6. The van der Waals surface area contributed by atoms with Gasteiger partial charge in [-0.25, -0.2) is 0 Å². The quantitative estimate of drug-likeness (QED) is 0.645. The third kappa shape index (κ3) is 4.32. The summed E-state index contributed by atoms with van der Waals surface area (Å²) in [6.45, 7) is 6.95. The summed E-state index contributed by atoms with van der Waals surface area (Å²) in [4.78, 5) is 10.7. The fraction of sp³-hybridized carbons (Fsp3) is 0.600. The van der Waals surface area contributed by atoms with Gasteiger partial charge in [0.15, 0.2) is 0 Å². The number of nitrogens with zero attached hydrogens (tertiary/aromatic N) is 1. The number of hydrogen-bond donors (Lipinski definition) is 2. The molecule has 1 aliphatic heterocycles. The van der Waals surface area contributed by atoms with Gasteiger partial charge in [0, 0.05) is 29.9 Å². The van der Waals surface area contributed by atoms with E-state index in [2.05, 4.69) is 17.6 Å². The van der Waals surface area contributed by atoms with Crippen LogP contribution in [0.25, 0.3) is 0 Å². The lowest BCUT2D eigenvalue weighted by molar-refractivity contribution is -0.384. The SMILES string of the molecule is CC(C)Oc1cc(NC2CCCNC2C)cc([N+](=O)[O-])c1. The highest BCUT2D eigenvalue weighted by Gasteiger charge is 2.21. The highest BCUT2D eigenvalue weighted by Crippen LogP contribution is 2.28. The maximum absolute atomic E-state index is 11.1. The van der Waals surface area contributed by atoms with E-state index < -0.39 is 0 Å². The van der Waals surface area contributed by atoms with Crippen LogP contribution in [0, 0.1) is 10.1 Å². The van der Waals surface area contributed by atoms with E-state index in [0.29, 0.717) is 11.8 Å². The molecule has 21 heavy (non-hydrogen) atoms. The van der Waals surface area contributed by atoms with Crippen LogP contribution in [-0.4, -0.2) is 29.7 Å². The van der Waals surface area contributed by atoms with Crippen LogP contribution in [-0.2, 0) is 0 Å². The molecule has 1 heterocycles. The maximum atomic E-state index is 11.1. The molecule has 1 aliphatic rings. The summed E-state index contributed by atoms with van der Waals surface area (Å²) in [6.07, 6.45) is 2.14. The van der Waals surface area contributed by atoms with Crippen molar-refractivity contribution in [3.63, 3.8) is 0 Å². The normalized spacial score (nSPS) is 22.1. The van der Waals surface area contributed by atoms with E-state index in [1.165, 1.54) is 6.07 Å². The van der Waals surface area contributed by atoms with Crippen molar-refractivity contribution in [2.45, 2.75) is 51.8 Å². The number of nitrogens with one attached hydrogen (secondary N) is 2. The van der Waals surface area contributed by atoms with Crippen molar-refractivity contribution in [2.75, 3.05) is 11.9 Å². The first-order valence-electron chi connectivity index (χ1n) is 7.42. The van der Waals surface area contributed by atoms with Crippen molar-refractivity contribution in [1.29, 1.82) is 0 Å². The summed E-state index contributed by atoms with van der Waals surface area (Å²) in [6, 6.07) is 5.47. The Hall–Kier alpha value is -1.82. The van der Waals surface area contributed by atoms with Gasteiger partial charge in [-0.2, -0.15) is 0 Å². The molecule has 1 saturated heterocycles. The number of hydrogen-bond acceptors (Lipinski definition) is 5. The number of nitro benzene ring substituents is 1. The van der Waals surface area contributed by atoms with E-state index >= 15 is 0 Å². The molecule has 116 valence electrons. The lowest BCUT2D eigenvalue weighted by atomic mass is 9.99. The summed E-state index contributed by atoms with van der Waals surface area (Å²) in [5.41, 5.74) is 0.785. The molecule has 0 saturated carbocycles. The maximum Gasteiger partial charge on any atom is 0.275 e. The standard InChI is InChI=1S/C15H23N3O3/c1-10(2)21-14-8-12(7-13(9-14)18(19)20)17-15-5-4-6-16-11(15)3/h7-11,15-17H,4-6H2,1-3H3. The molecule has 1 aromatic carbocycles. The van der Waals surface area contributed by atoms with Gasteiger partial charge in [0.05, 0.1) is 17.1 Å². The number of anilines is 1. The molecule has 2 atom stereocenters. The Morgan fingerprint density at radius 3 is 2.81 bits per heavy atom. The predicted molar refractivity (Wildman–Crippen MR) is 83.0 cm³/mol. The zero-order valence-corrected chi connectivity index (χ0v) is 12.8. The predicted octanol–water partition coefficient (Wildman–Crippen LogP) is 2.93. The average molecular weight is 293 g/mol. The summed E-state index contributed by atoms with van der Waals surface area (Å²) in [5, 5.41) is 17.9. The molecule has 2 N–H and O–H groups in total. The van der Waals surface area contributed by atoms with Crippen molar-refractivity contribution in [2.24, 2.45) is 0 Å². The second kappa shape index (κ2) is 6.76. The van der Waals surface area contributed by atoms with Gasteiger partial charge in [0.25, 0.3) is 5.69 Å². The van der Waals surface area contributed by atoms with Crippen LogP contribution in [0.3, 0.4) is 0 Å². The number of ether oxygens (including phenoxy) is 1. The Kier molecular flexibility index (Phi) is 5.01. The molecule has 2 unspecified atom stereocenters. The molecule has 0 bridgehead atoms. The van der Waals surface area contributed by atoms with Crippen molar-refractivity contribution < 1.29 is 9.66 Å². The van der Waals surface area contributed by atoms with Gasteiger partial charge < -0.3 is 15.4 Å². The molecule has 0 spiro atoms. The van der Waals surface area contributed by atoms with Crippen LogP contribution in [0.2, 0.25) is 0 Å². The zero-order chi connectivity index (χ0) is 15.4. The molecule has 2 rings (SSSR count). The van der Waals surface area contributed by atoms with E-state index in [1.54, 1.807) is 6.07 Å². The molecule has 1 aromatic rings. The van der Waals surface area contributed by atoms with Crippen LogP contribution < -0.4 is 15.4 Å². The van der Waals surface area contributed by atoms with E-state index in [1.807, 2.05) is 19.9 Å². The molecular formula is C15H23N3O3. The summed E-state index contributed by atoms with van der Waals surface area (Å²) < 4.78 is 5.60. The lowest BCUT2D eigenvalue weighted by Gasteiger charge is -2.31. The van der Waals surface area contributed by atoms with Gasteiger partial charge in [-0.1, -0.05) is 0 Å².